The van der Waals surface area contributed by atoms with E-state index in [1.165, 1.54) is 24.6 Å². The zero-order valence-electron chi connectivity index (χ0n) is 28.4. The Hall–Kier alpha value is -6.88. The van der Waals surface area contributed by atoms with Gasteiger partial charge in [0.05, 0.1) is 12.4 Å². The normalized spacial score (nSPS) is 11.8. The van der Waals surface area contributed by atoms with Gasteiger partial charge < -0.3 is 20.4 Å². The zero-order chi connectivity index (χ0) is 37.3. The number of nitrogens with one attached hydrogen (secondary N) is 2. The van der Waals surface area contributed by atoms with Crippen molar-refractivity contribution in [2.24, 2.45) is 10.2 Å². The average Bonchev–Trinajstić information content (AvgIpc) is 3.20. The second kappa shape index (κ2) is 16.0. The molecule has 0 atom stereocenters. The Labute approximate surface area is 306 Å². The van der Waals surface area contributed by atoms with Crippen molar-refractivity contribution in [2.45, 2.75) is 17.6 Å². The standard InChI is InChI=1S/C43H36N4O6/c48-38-23-21-30(26-32(38)28-44-46-40(50)42(52,34-13-5-1-6-14-34)35-15-7-2-8-16-35)25-31-22-24-39(49)33(27-31)29-45-47-41(51)43(53,36-17-9-3-10-18-36)37-19-11-4-12-20-37/h1-24,26-29,48-49,52-53H,25H2,(H,46,50)(H,47,51)/b44-28+,45-29+. The van der Waals surface area contributed by atoms with Crippen molar-refractivity contribution in [2.75, 3.05) is 0 Å². The molecule has 0 bridgehead atoms. The summed E-state index contributed by atoms with van der Waals surface area (Å²) in [5, 5.41) is 52.5. The second-order valence-electron chi connectivity index (χ2n) is 12.2. The molecule has 6 rings (SSSR count). The molecule has 0 unspecified atom stereocenters. The van der Waals surface area contributed by atoms with Crippen LogP contribution in [-0.4, -0.2) is 44.7 Å². The molecular formula is C43H36N4O6. The molecule has 0 heterocycles. The Morgan fingerprint density at radius 2 is 0.792 bits per heavy atom. The number of carbonyl (C=O) groups excluding carboxylic acids is 2. The third-order valence-corrected chi connectivity index (χ3v) is 8.76. The van der Waals surface area contributed by atoms with Gasteiger partial charge >= 0.3 is 0 Å². The summed E-state index contributed by atoms with van der Waals surface area (Å²) < 4.78 is 0. The topological polar surface area (TPSA) is 164 Å². The van der Waals surface area contributed by atoms with E-state index in [0.717, 1.165) is 11.1 Å². The fourth-order valence-corrected chi connectivity index (χ4v) is 5.93. The van der Waals surface area contributed by atoms with Crippen LogP contribution in [0.15, 0.2) is 168 Å². The third-order valence-electron chi connectivity index (χ3n) is 8.76. The van der Waals surface area contributed by atoms with Crippen LogP contribution in [0.4, 0.5) is 0 Å². The predicted molar refractivity (Wildman–Crippen MR) is 202 cm³/mol. The van der Waals surface area contributed by atoms with Crippen LogP contribution in [0.2, 0.25) is 0 Å². The number of aromatic hydroxyl groups is 2. The quantitative estimate of drug-likeness (QED) is 0.0732. The van der Waals surface area contributed by atoms with Crippen LogP contribution in [0.25, 0.3) is 0 Å². The van der Waals surface area contributed by atoms with Crippen molar-refractivity contribution in [3.05, 3.63) is 202 Å². The molecule has 10 heteroatoms. The van der Waals surface area contributed by atoms with Gasteiger partial charge in [-0.25, -0.2) is 10.9 Å². The molecular weight excluding hydrogens is 668 g/mol. The van der Waals surface area contributed by atoms with Gasteiger partial charge in [-0.05, 0) is 64.1 Å². The van der Waals surface area contributed by atoms with Gasteiger partial charge in [0.25, 0.3) is 11.8 Å². The largest absolute Gasteiger partial charge is 0.507 e. The minimum atomic E-state index is -2.02. The first-order chi connectivity index (χ1) is 25.7. The summed E-state index contributed by atoms with van der Waals surface area (Å²) in [4.78, 5) is 26.8. The molecule has 2 amide bonds. The molecule has 0 aliphatic heterocycles. The first-order valence-electron chi connectivity index (χ1n) is 16.7. The lowest BCUT2D eigenvalue weighted by molar-refractivity contribution is -0.137. The summed E-state index contributed by atoms with van der Waals surface area (Å²) in [6.07, 6.45) is 2.96. The molecule has 6 N–H and O–H groups in total. The maximum absolute atomic E-state index is 13.4. The smallest absolute Gasteiger partial charge is 0.281 e. The van der Waals surface area contributed by atoms with Gasteiger partial charge in [-0.15, -0.1) is 0 Å². The average molecular weight is 705 g/mol. The lowest BCUT2D eigenvalue weighted by Crippen LogP contribution is -2.43. The van der Waals surface area contributed by atoms with Crippen LogP contribution in [-0.2, 0) is 27.2 Å². The summed E-state index contributed by atoms with van der Waals surface area (Å²) in [7, 11) is 0. The summed E-state index contributed by atoms with van der Waals surface area (Å²) >= 11 is 0. The molecule has 53 heavy (non-hydrogen) atoms. The lowest BCUT2D eigenvalue weighted by Gasteiger charge is -2.27. The van der Waals surface area contributed by atoms with E-state index < -0.39 is 23.0 Å². The molecule has 264 valence electrons. The van der Waals surface area contributed by atoms with Gasteiger partial charge in [-0.2, -0.15) is 10.2 Å². The van der Waals surface area contributed by atoms with E-state index in [2.05, 4.69) is 21.1 Å². The van der Waals surface area contributed by atoms with Crippen molar-refractivity contribution in [3.63, 3.8) is 0 Å². The molecule has 0 spiro atoms. The zero-order valence-corrected chi connectivity index (χ0v) is 28.4. The molecule has 6 aromatic carbocycles. The highest BCUT2D eigenvalue weighted by Crippen LogP contribution is 2.31. The van der Waals surface area contributed by atoms with E-state index in [9.17, 15) is 30.0 Å². The number of aliphatic hydroxyl groups is 2. The molecule has 10 nitrogen and oxygen atoms in total. The Morgan fingerprint density at radius 1 is 0.491 bits per heavy atom. The Morgan fingerprint density at radius 3 is 1.09 bits per heavy atom. The summed E-state index contributed by atoms with van der Waals surface area (Å²) in [6.45, 7) is 0. The maximum atomic E-state index is 13.4. The molecule has 0 saturated heterocycles. The van der Waals surface area contributed by atoms with Crippen LogP contribution in [0.3, 0.4) is 0 Å². The third kappa shape index (κ3) is 7.89. The minimum absolute atomic E-state index is 0.0756. The van der Waals surface area contributed by atoms with E-state index >= 15 is 0 Å². The molecule has 0 fully saturated rings. The lowest BCUT2D eigenvalue weighted by atomic mass is 9.85. The first kappa shape index (κ1) is 35.9. The van der Waals surface area contributed by atoms with E-state index in [0.29, 0.717) is 39.8 Å². The number of nitrogens with zero attached hydrogens (tertiary/aromatic N) is 2. The van der Waals surface area contributed by atoms with Crippen LogP contribution in [0.1, 0.15) is 44.5 Å². The summed E-state index contributed by atoms with van der Waals surface area (Å²) in [6, 6.07) is 44.0. The number of carbonyl (C=O) groups is 2. The van der Waals surface area contributed by atoms with Crippen LogP contribution < -0.4 is 10.9 Å². The van der Waals surface area contributed by atoms with E-state index in [1.807, 2.05) is 0 Å². The highest BCUT2D eigenvalue weighted by molar-refractivity contribution is 5.92. The van der Waals surface area contributed by atoms with Gasteiger partial charge in [-0.1, -0.05) is 133 Å². The van der Waals surface area contributed by atoms with Gasteiger partial charge in [0.1, 0.15) is 11.5 Å². The van der Waals surface area contributed by atoms with Crippen molar-refractivity contribution < 1.29 is 30.0 Å². The van der Waals surface area contributed by atoms with Gasteiger partial charge in [-0.3, -0.25) is 9.59 Å². The molecule has 0 aliphatic rings. The summed E-state index contributed by atoms with van der Waals surface area (Å²) in [5.41, 5.74) is 4.45. The van der Waals surface area contributed by atoms with Crippen LogP contribution in [0, 0.1) is 0 Å². The Bertz CT molecular complexity index is 2010. The summed E-state index contributed by atoms with van der Waals surface area (Å²) in [5.74, 6) is -1.70. The number of phenols is 2. The second-order valence-corrected chi connectivity index (χ2v) is 12.2. The molecule has 0 radical (unpaired) electrons. The number of hydrazone groups is 2. The number of amides is 2. The minimum Gasteiger partial charge on any atom is -0.507 e. The van der Waals surface area contributed by atoms with Crippen molar-refractivity contribution in [3.8, 4) is 11.5 Å². The fourth-order valence-electron chi connectivity index (χ4n) is 5.93. The number of rotatable bonds is 12. The van der Waals surface area contributed by atoms with Gasteiger partial charge in [0.2, 0.25) is 0 Å². The first-order valence-corrected chi connectivity index (χ1v) is 16.7. The predicted octanol–water partition coefficient (Wildman–Crippen LogP) is 5.46. The van der Waals surface area contributed by atoms with E-state index in [-0.39, 0.29) is 11.5 Å². The number of benzene rings is 6. The number of hydrogen-bond donors (Lipinski definition) is 6. The van der Waals surface area contributed by atoms with Crippen LogP contribution in [0.5, 0.6) is 11.5 Å². The SMILES string of the molecule is O=C(N/N=C/c1cc(Cc2ccc(O)c(/C=N/NC(=O)C(O)(c3ccccc3)c3ccccc3)c2)ccc1O)C(O)(c1ccccc1)c1ccccc1. The molecule has 6 aromatic rings. The number of phenolic OH excluding ortho intramolecular Hbond substituents is 2. The van der Waals surface area contributed by atoms with Gasteiger partial charge in [0, 0.05) is 11.1 Å². The highest BCUT2D eigenvalue weighted by Gasteiger charge is 2.41. The maximum Gasteiger partial charge on any atom is 0.281 e. The molecule has 0 saturated carbocycles. The van der Waals surface area contributed by atoms with Crippen molar-refractivity contribution in [1.82, 2.24) is 10.9 Å². The van der Waals surface area contributed by atoms with Crippen molar-refractivity contribution >= 4 is 24.2 Å². The number of hydrogen-bond acceptors (Lipinski definition) is 8. The monoisotopic (exact) mass is 704 g/mol. The van der Waals surface area contributed by atoms with E-state index in [4.69, 9.17) is 0 Å². The highest BCUT2D eigenvalue weighted by atomic mass is 16.3. The Kier molecular flexibility index (Phi) is 10.8. The van der Waals surface area contributed by atoms with Gasteiger partial charge in [0.15, 0.2) is 11.2 Å². The van der Waals surface area contributed by atoms with E-state index in [1.54, 1.807) is 146 Å². The Balaban J connectivity index is 1.16. The fraction of sp³-hybridized carbons (Fsp3) is 0.0698. The van der Waals surface area contributed by atoms with Crippen LogP contribution >= 0.6 is 0 Å². The molecule has 0 aliphatic carbocycles. The van der Waals surface area contributed by atoms with Crippen molar-refractivity contribution in [1.29, 1.82) is 0 Å². The molecule has 0 aromatic heterocycles.